The minimum atomic E-state index is -0.0133. The lowest BCUT2D eigenvalue weighted by Crippen LogP contribution is -2.43. The van der Waals surface area contributed by atoms with Crippen LogP contribution in [0.5, 0.6) is 17.2 Å². The van der Waals surface area contributed by atoms with Gasteiger partial charge in [0.25, 0.3) is 0 Å². The van der Waals surface area contributed by atoms with Crippen molar-refractivity contribution in [3.63, 3.8) is 0 Å². The van der Waals surface area contributed by atoms with Gasteiger partial charge in [-0.1, -0.05) is 18.2 Å². The van der Waals surface area contributed by atoms with Crippen LogP contribution in [0.25, 0.3) is 0 Å². The highest BCUT2D eigenvalue weighted by Gasteiger charge is 2.31. The number of urea groups is 1. The number of aromatic hydroxyl groups is 1. The number of carbonyl (C=O) groups is 1. The van der Waals surface area contributed by atoms with Gasteiger partial charge >= 0.3 is 6.03 Å². The van der Waals surface area contributed by atoms with E-state index < -0.39 is 0 Å². The fourth-order valence-corrected chi connectivity index (χ4v) is 4.04. The third kappa shape index (κ3) is 4.58. The Morgan fingerprint density at radius 1 is 1.17 bits per heavy atom. The Morgan fingerprint density at radius 2 is 1.93 bits per heavy atom. The summed E-state index contributed by atoms with van der Waals surface area (Å²) in [7, 11) is 0. The number of rotatable bonds is 5. The van der Waals surface area contributed by atoms with E-state index in [4.69, 9.17) is 9.47 Å². The Labute approximate surface area is 171 Å². The van der Waals surface area contributed by atoms with Gasteiger partial charge < -0.3 is 24.8 Å². The van der Waals surface area contributed by atoms with Crippen molar-refractivity contribution in [2.75, 3.05) is 19.8 Å². The number of carbonyl (C=O) groups excluding carboxylic acids is 1. The summed E-state index contributed by atoms with van der Waals surface area (Å²) in [5, 5.41) is 12.5. The molecule has 4 rings (SSSR count). The minimum absolute atomic E-state index is 0.0133. The molecule has 2 aliphatic heterocycles. The molecule has 1 fully saturated rings. The molecule has 6 nitrogen and oxygen atoms in total. The summed E-state index contributed by atoms with van der Waals surface area (Å²) in [4.78, 5) is 14.8. The van der Waals surface area contributed by atoms with Gasteiger partial charge in [0.1, 0.15) is 19.0 Å². The molecule has 6 heteroatoms. The van der Waals surface area contributed by atoms with Gasteiger partial charge in [0.15, 0.2) is 11.5 Å². The number of nitrogens with zero attached hydrogens (tertiary/aromatic N) is 1. The predicted molar refractivity (Wildman–Crippen MR) is 111 cm³/mol. The smallest absolute Gasteiger partial charge is 0.318 e. The number of likely N-dealkylation sites (tertiary alicyclic amines) is 1. The predicted octanol–water partition coefficient (Wildman–Crippen LogP) is 4.03. The highest BCUT2D eigenvalue weighted by Crippen LogP contribution is 2.38. The molecule has 154 valence electrons. The Kier molecular flexibility index (Phi) is 5.79. The van der Waals surface area contributed by atoms with E-state index in [1.165, 1.54) is 0 Å². The molecule has 2 aromatic rings. The van der Waals surface area contributed by atoms with Crippen molar-refractivity contribution < 1.29 is 19.4 Å². The number of aryl methyl sites for hydroxylation is 1. The maximum Gasteiger partial charge on any atom is 0.318 e. The SMILES string of the molecule is CC(CCc1ccc(O)cc1)NC(=O)N1CCCC1c1ccc2c(c1)OCCO2. The topological polar surface area (TPSA) is 71.0 Å². The van der Waals surface area contributed by atoms with Crippen LogP contribution in [0.1, 0.15) is 43.4 Å². The van der Waals surface area contributed by atoms with Crippen LogP contribution >= 0.6 is 0 Å². The van der Waals surface area contributed by atoms with E-state index in [1.54, 1.807) is 12.1 Å². The van der Waals surface area contributed by atoms with Crippen LogP contribution < -0.4 is 14.8 Å². The highest BCUT2D eigenvalue weighted by atomic mass is 16.6. The number of ether oxygens (including phenoxy) is 2. The first kappa shape index (κ1) is 19.4. The Morgan fingerprint density at radius 3 is 2.72 bits per heavy atom. The molecule has 0 spiro atoms. The Bertz CT molecular complexity index is 852. The van der Waals surface area contributed by atoms with Crippen molar-refractivity contribution in [3.8, 4) is 17.2 Å². The van der Waals surface area contributed by atoms with Gasteiger partial charge in [-0.25, -0.2) is 4.79 Å². The van der Waals surface area contributed by atoms with Crippen LogP contribution in [-0.4, -0.2) is 41.8 Å². The van der Waals surface area contributed by atoms with Gasteiger partial charge in [-0.3, -0.25) is 0 Å². The quantitative estimate of drug-likeness (QED) is 0.800. The molecule has 29 heavy (non-hydrogen) atoms. The molecule has 0 saturated carbocycles. The first-order valence-electron chi connectivity index (χ1n) is 10.3. The second-order valence-corrected chi connectivity index (χ2v) is 7.81. The maximum atomic E-state index is 12.9. The Balaban J connectivity index is 1.35. The van der Waals surface area contributed by atoms with Gasteiger partial charge in [-0.15, -0.1) is 0 Å². The highest BCUT2D eigenvalue weighted by molar-refractivity contribution is 5.75. The van der Waals surface area contributed by atoms with E-state index in [0.717, 1.165) is 54.9 Å². The number of amides is 2. The summed E-state index contributed by atoms with van der Waals surface area (Å²) in [6, 6.07) is 13.3. The van der Waals surface area contributed by atoms with Crippen LogP contribution in [0.3, 0.4) is 0 Å². The summed E-state index contributed by atoms with van der Waals surface area (Å²) < 4.78 is 11.3. The van der Waals surface area contributed by atoms with Crippen LogP contribution in [-0.2, 0) is 6.42 Å². The number of phenolic OH excluding ortho intramolecular Hbond substituents is 1. The second kappa shape index (κ2) is 8.64. The van der Waals surface area contributed by atoms with Crippen LogP contribution in [0, 0.1) is 0 Å². The average molecular weight is 396 g/mol. The molecular formula is C23H28N2O4. The molecule has 2 aliphatic rings. The van der Waals surface area contributed by atoms with Gasteiger partial charge in [0.05, 0.1) is 6.04 Å². The molecule has 2 atom stereocenters. The zero-order valence-electron chi connectivity index (χ0n) is 16.8. The van der Waals surface area contributed by atoms with Crippen molar-refractivity contribution in [1.82, 2.24) is 10.2 Å². The molecule has 2 N–H and O–H groups in total. The van der Waals surface area contributed by atoms with Crippen LogP contribution in [0.15, 0.2) is 42.5 Å². The standard InChI is InChI=1S/C23H28N2O4/c1-16(4-5-17-6-9-19(26)10-7-17)24-23(27)25-12-2-3-20(25)18-8-11-21-22(15-18)29-14-13-28-21/h6-11,15-16,20,26H,2-5,12-14H2,1H3,(H,24,27). The van der Waals surface area contributed by atoms with Crippen molar-refractivity contribution in [3.05, 3.63) is 53.6 Å². The number of hydrogen-bond acceptors (Lipinski definition) is 4. The molecule has 2 unspecified atom stereocenters. The number of nitrogens with one attached hydrogen (secondary N) is 1. The average Bonchev–Trinajstić information content (AvgIpc) is 3.23. The third-order valence-electron chi connectivity index (χ3n) is 5.64. The normalized spacial score (nSPS) is 19.1. The van der Waals surface area contributed by atoms with Crippen molar-refractivity contribution in [2.24, 2.45) is 0 Å². The van der Waals surface area contributed by atoms with Crippen molar-refractivity contribution >= 4 is 6.03 Å². The number of fused-ring (bicyclic) bond motifs is 1. The molecule has 0 bridgehead atoms. The van der Waals surface area contributed by atoms with E-state index in [2.05, 4.69) is 5.32 Å². The molecule has 2 heterocycles. The molecule has 2 aromatic carbocycles. The molecule has 2 amide bonds. The van der Waals surface area contributed by atoms with E-state index in [1.807, 2.05) is 42.2 Å². The number of benzene rings is 2. The lowest BCUT2D eigenvalue weighted by molar-refractivity contribution is 0.170. The monoisotopic (exact) mass is 396 g/mol. The largest absolute Gasteiger partial charge is 0.508 e. The van der Waals surface area contributed by atoms with E-state index in [-0.39, 0.29) is 23.9 Å². The van der Waals surface area contributed by atoms with Crippen LogP contribution in [0.4, 0.5) is 4.79 Å². The zero-order valence-corrected chi connectivity index (χ0v) is 16.8. The third-order valence-corrected chi connectivity index (χ3v) is 5.64. The summed E-state index contributed by atoms with van der Waals surface area (Å²) in [6.07, 6.45) is 3.65. The van der Waals surface area contributed by atoms with Crippen LogP contribution in [0.2, 0.25) is 0 Å². The van der Waals surface area contributed by atoms with E-state index >= 15 is 0 Å². The Hall–Kier alpha value is -2.89. The van der Waals surface area contributed by atoms with Crippen molar-refractivity contribution in [1.29, 1.82) is 0 Å². The number of phenols is 1. The van der Waals surface area contributed by atoms with E-state index in [0.29, 0.717) is 13.2 Å². The molecule has 0 aromatic heterocycles. The maximum absolute atomic E-state index is 12.9. The lowest BCUT2D eigenvalue weighted by atomic mass is 10.0. The minimum Gasteiger partial charge on any atom is -0.508 e. The molecular weight excluding hydrogens is 368 g/mol. The fourth-order valence-electron chi connectivity index (χ4n) is 4.04. The van der Waals surface area contributed by atoms with Gasteiger partial charge in [0, 0.05) is 12.6 Å². The van der Waals surface area contributed by atoms with Gasteiger partial charge in [0.2, 0.25) is 0 Å². The second-order valence-electron chi connectivity index (χ2n) is 7.81. The lowest BCUT2D eigenvalue weighted by Gasteiger charge is -2.28. The zero-order chi connectivity index (χ0) is 20.2. The molecule has 1 saturated heterocycles. The summed E-state index contributed by atoms with van der Waals surface area (Å²) >= 11 is 0. The fraction of sp³-hybridized carbons (Fsp3) is 0.435. The van der Waals surface area contributed by atoms with Gasteiger partial charge in [-0.05, 0) is 68.0 Å². The molecule has 0 aliphatic carbocycles. The number of hydrogen-bond donors (Lipinski definition) is 2. The van der Waals surface area contributed by atoms with Crippen molar-refractivity contribution in [2.45, 2.75) is 44.7 Å². The molecule has 0 radical (unpaired) electrons. The first-order chi connectivity index (χ1) is 14.1. The summed E-state index contributed by atoms with van der Waals surface area (Å²) in [5.41, 5.74) is 2.25. The summed E-state index contributed by atoms with van der Waals surface area (Å²) in [5.74, 6) is 1.81. The van der Waals surface area contributed by atoms with Gasteiger partial charge in [-0.2, -0.15) is 0 Å². The summed E-state index contributed by atoms with van der Waals surface area (Å²) in [6.45, 7) is 3.93. The van der Waals surface area contributed by atoms with E-state index in [9.17, 15) is 9.90 Å². The first-order valence-corrected chi connectivity index (χ1v) is 10.3.